The summed E-state index contributed by atoms with van der Waals surface area (Å²) in [6.07, 6.45) is 6.11. The normalized spacial score (nSPS) is 13.6. The van der Waals surface area contributed by atoms with Crippen molar-refractivity contribution in [2.75, 3.05) is 26.9 Å². The van der Waals surface area contributed by atoms with Crippen LogP contribution in [0.5, 0.6) is 0 Å². The monoisotopic (exact) mass is 268 g/mol. The average Bonchev–Trinajstić information content (AvgIpc) is 2.42. The molecule has 0 saturated carbocycles. The number of ether oxygens (including phenoxy) is 2. The van der Waals surface area contributed by atoms with Crippen molar-refractivity contribution in [2.24, 2.45) is 4.99 Å². The molecule has 0 saturated heterocycles. The Kier molecular flexibility index (Phi) is 11.0. The van der Waals surface area contributed by atoms with Gasteiger partial charge in [-0.3, -0.25) is 4.99 Å². The van der Waals surface area contributed by atoms with E-state index < -0.39 is 0 Å². The van der Waals surface area contributed by atoms with Gasteiger partial charge in [-0.05, 0) is 27.2 Å². The highest BCUT2D eigenvalue weighted by molar-refractivity contribution is 5.96. The van der Waals surface area contributed by atoms with Crippen LogP contribution in [0, 0.1) is 0 Å². The lowest BCUT2D eigenvalue weighted by atomic mass is 10.3. The second-order valence-corrected chi connectivity index (χ2v) is 4.29. The lowest BCUT2D eigenvalue weighted by Gasteiger charge is -2.11. The summed E-state index contributed by atoms with van der Waals surface area (Å²) < 4.78 is 10.7. The van der Waals surface area contributed by atoms with Gasteiger partial charge in [0, 0.05) is 25.6 Å². The van der Waals surface area contributed by atoms with E-state index in [0.29, 0.717) is 13.2 Å². The summed E-state index contributed by atoms with van der Waals surface area (Å²) in [4.78, 5) is 4.52. The molecule has 4 nitrogen and oxygen atoms in total. The number of nitrogens with one attached hydrogen (secondary N) is 1. The standard InChI is InChI=1S/C15H28N2O2/c1-6-8-9-16-14(4)15(19-11-10-18-5)12-17-13(3)7-2/h7,12,17H,6,8-11H2,1-5H3/b13-7+,15-12?,16-14?. The molecule has 0 aromatic heterocycles. The fourth-order valence-electron chi connectivity index (χ4n) is 1.23. The van der Waals surface area contributed by atoms with Crippen LogP contribution in [0.2, 0.25) is 0 Å². The first-order valence-electron chi connectivity index (χ1n) is 6.88. The Hall–Kier alpha value is -1.29. The molecule has 0 aliphatic carbocycles. The molecule has 0 aliphatic heterocycles. The summed E-state index contributed by atoms with van der Waals surface area (Å²) in [5.41, 5.74) is 2.00. The quantitative estimate of drug-likeness (QED) is 0.376. The first kappa shape index (κ1) is 17.7. The number of aliphatic imine (C=N–C) groups is 1. The average molecular weight is 268 g/mol. The van der Waals surface area contributed by atoms with Crippen molar-refractivity contribution in [3.63, 3.8) is 0 Å². The third-order valence-electron chi connectivity index (χ3n) is 2.63. The number of hydrogen-bond donors (Lipinski definition) is 1. The first-order valence-corrected chi connectivity index (χ1v) is 6.88. The van der Waals surface area contributed by atoms with Gasteiger partial charge in [-0.25, -0.2) is 0 Å². The highest BCUT2D eigenvalue weighted by Gasteiger charge is 2.03. The van der Waals surface area contributed by atoms with Gasteiger partial charge in [0.2, 0.25) is 0 Å². The molecule has 4 heteroatoms. The predicted molar refractivity (Wildman–Crippen MR) is 81.4 cm³/mol. The van der Waals surface area contributed by atoms with E-state index in [1.54, 1.807) is 7.11 Å². The third-order valence-corrected chi connectivity index (χ3v) is 2.63. The molecule has 1 N–H and O–H groups in total. The van der Waals surface area contributed by atoms with Crippen LogP contribution in [0.1, 0.15) is 40.5 Å². The van der Waals surface area contributed by atoms with Gasteiger partial charge in [0.15, 0.2) is 5.76 Å². The van der Waals surface area contributed by atoms with Crippen LogP contribution in [0.4, 0.5) is 0 Å². The molecule has 0 aromatic rings. The van der Waals surface area contributed by atoms with E-state index in [2.05, 4.69) is 17.2 Å². The number of hydrogen-bond acceptors (Lipinski definition) is 4. The van der Waals surface area contributed by atoms with Crippen LogP contribution < -0.4 is 5.32 Å². The molecular weight excluding hydrogens is 240 g/mol. The summed E-state index contributed by atoms with van der Waals surface area (Å²) in [6.45, 7) is 10.1. The van der Waals surface area contributed by atoms with Crippen molar-refractivity contribution >= 4 is 5.71 Å². The Morgan fingerprint density at radius 1 is 1.26 bits per heavy atom. The van der Waals surface area contributed by atoms with E-state index in [0.717, 1.165) is 36.6 Å². The number of nitrogens with zero attached hydrogens (tertiary/aromatic N) is 1. The van der Waals surface area contributed by atoms with Crippen molar-refractivity contribution < 1.29 is 9.47 Å². The van der Waals surface area contributed by atoms with Crippen LogP contribution in [-0.4, -0.2) is 32.6 Å². The van der Waals surface area contributed by atoms with Crippen LogP contribution in [0.3, 0.4) is 0 Å². The molecule has 0 spiro atoms. The Bertz CT molecular complexity index is 320. The fourth-order valence-corrected chi connectivity index (χ4v) is 1.23. The maximum atomic E-state index is 5.69. The van der Waals surface area contributed by atoms with Crippen LogP contribution in [0.15, 0.2) is 28.7 Å². The van der Waals surface area contributed by atoms with Gasteiger partial charge in [0.05, 0.1) is 12.3 Å². The van der Waals surface area contributed by atoms with Crippen LogP contribution >= 0.6 is 0 Å². The predicted octanol–water partition coefficient (Wildman–Crippen LogP) is 3.27. The van der Waals surface area contributed by atoms with Gasteiger partial charge in [-0.15, -0.1) is 0 Å². The number of allylic oxidation sites excluding steroid dienone is 3. The van der Waals surface area contributed by atoms with Crippen molar-refractivity contribution in [3.05, 3.63) is 23.7 Å². The minimum Gasteiger partial charge on any atom is -0.488 e. The number of methoxy groups -OCH3 is 1. The van der Waals surface area contributed by atoms with E-state index in [4.69, 9.17) is 9.47 Å². The lowest BCUT2D eigenvalue weighted by molar-refractivity contribution is 0.116. The van der Waals surface area contributed by atoms with Crippen molar-refractivity contribution in [3.8, 4) is 0 Å². The maximum absolute atomic E-state index is 5.69. The van der Waals surface area contributed by atoms with Crippen molar-refractivity contribution in [2.45, 2.75) is 40.5 Å². The lowest BCUT2D eigenvalue weighted by Crippen LogP contribution is -2.12. The zero-order valence-corrected chi connectivity index (χ0v) is 13.0. The molecule has 0 radical (unpaired) electrons. The van der Waals surface area contributed by atoms with E-state index in [-0.39, 0.29) is 0 Å². The zero-order valence-electron chi connectivity index (χ0n) is 13.0. The molecule has 0 amide bonds. The van der Waals surface area contributed by atoms with Crippen LogP contribution in [-0.2, 0) is 9.47 Å². The highest BCUT2D eigenvalue weighted by atomic mass is 16.5. The molecule has 0 rings (SSSR count). The summed E-state index contributed by atoms with van der Waals surface area (Å²) in [7, 11) is 1.66. The van der Waals surface area contributed by atoms with Gasteiger partial charge < -0.3 is 14.8 Å². The summed E-state index contributed by atoms with van der Waals surface area (Å²) >= 11 is 0. The largest absolute Gasteiger partial charge is 0.488 e. The summed E-state index contributed by atoms with van der Waals surface area (Å²) in [6, 6.07) is 0. The topological polar surface area (TPSA) is 42.8 Å². The Labute approximate surface area is 117 Å². The SMILES string of the molecule is C/C=C(\C)NC=C(OCCOC)C(C)=NCCCC. The highest BCUT2D eigenvalue weighted by Crippen LogP contribution is 2.02. The summed E-state index contributed by atoms with van der Waals surface area (Å²) in [5.74, 6) is 0.773. The Balaban J connectivity index is 4.59. The summed E-state index contributed by atoms with van der Waals surface area (Å²) in [5, 5.41) is 3.18. The van der Waals surface area contributed by atoms with Crippen molar-refractivity contribution in [1.82, 2.24) is 5.32 Å². The minimum atomic E-state index is 0.527. The van der Waals surface area contributed by atoms with Crippen molar-refractivity contribution in [1.29, 1.82) is 0 Å². The van der Waals surface area contributed by atoms with E-state index in [1.807, 2.05) is 33.0 Å². The van der Waals surface area contributed by atoms with Gasteiger partial charge in [0.1, 0.15) is 6.61 Å². The zero-order chi connectivity index (χ0) is 14.5. The van der Waals surface area contributed by atoms with E-state index in [9.17, 15) is 0 Å². The molecular formula is C15H28N2O2. The second kappa shape index (κ2) is 11.8. The molecule has 0 bridgehead atoms. The number of unbranched alkanes of at least 4 members (excludes halogenated alkanes) is 1. The molecule has 19 heavy (non-hydrogen) atoms. The molecule has 0 atom stereocenters. The fraction of sp³-hybridized carbons (Fsp3) is 0.667. The third kappa shape index (κ3) is 9.31. The smallest absolute Gasteiger partial charge is 0.156 e. The molecule has 0 unspecified atom stereocenters. The maximum Gasteiger partial charge on any atom is 0.156 e. The minimum absolute atomic E-state index is 0.527. The van der Waals surface area contributed by atoms with Crippen LogP contribution in [0.25, 0.3) is 0 Å². The Morgan fingerprint density at radius 3 is 2.58 bits per heavy atom. The molecule has 0 heterocycles. The first-order chi connectivity index (χ1) is 9.15. The molecule has 0 fully saturated rings. The molecule has 0 aliphatic rings. The van der Waals surface area contributed by atoms with Gasteiger partial charge in [-0.1, -0.05) is 19.4 Å². The van der Waals surface area contributed by atoms with Gasteiger partial charge >= 0.3 is 0 Å². The van der Waals surface area contributed by atoms with E-state index >= 15 is 0 Å². The second-order valence-electron chi connectivity index (χ2n) is 4.29. The van der Waals surface area contributed by atoms with E-state index in [1.165, 1.54) is 0 Å². The molecule has 0 aromatic carbocycles. The number of rotatable bonds is 10. The van der Waals surface area contributed by atoms with Gasteiger partial charge in [0.25, 0.3) is 0 Å². The van der Waals surface area contributed by atoms with Gasteiger partial charge in [-0.2, -0.15) is 0 Å². The Morgan fingerprint density at radius 2 is 2.00 bits per heavy atom. The molecule has 110 valence electrons.